The fourth-order valence-corrected chi connectivity index (χ4v) is 5.39. The molecule has 0 N–H and O–H groups in total. The summed E-state index contributed by atoms with van der Waals surface area (Å²) in [5.41, 5.74) is 6.05. The van der Waals surface area contributed by atoms with Crippen molar-refractivity contribution in [2.45, 2.75) is 76.5 Å². The number of unbranched alkanes of at least 4 members (excludes halogenated alkanes) is 1. The lowest BCUT2D eigenvalue weighted by molar-refractivity contribution is -0.143. The van der Waals surface area contributed by atoms with Gasteiger partial charge in [-0.3, -0.25) is 4.79 Å². The molecule has 3 rings (SSSR count). The van der Waals surface area contributed by atoms with Crippen molar-refractivity contribution in [2.75, 3.05) is 12.4 Å². The molecule has 0 amide bonds. The maximum Gasteiger partial charge on any atom is 0.305 e. The highest BCUT2D eigenvalue weighted by atomic mass is 32.2. The van der Waals surface area contributed by atoms with Crippen LogP contribution >= 0.6 is 11.8 Å². The minimum atomic E-state index is -0.109. The summed E-state index contributed by atoms with van der Waals surface area (Å²) >= 11 is 1.97. The van der Waals surface area contributed by atoms with Crippen LogP contribution in [-0.2, 0) is 27.8 Å². The van der Waals surface area contributed by atoms with Gasteiger partial charge in [-0.2, -0.15) is 0 Å². The van der Waals surface area contributed by atoms with E-state index in [0.29, 0.717) is 13.0 Å². The fourth-order valence-electron chi connectivity index (χ4n) is 3.84. The van der Waals surface area contributed by atoms with Crippen molar-refractivity contribution in [1.82, 2.24) is 4.98 Å². The van der Waals surface area contributed by atoms with Crippen molar-refractivity contribution < 1.29 is 9.53 Å². The minimum Gasteiger partial charge on any atom is -0.466 e. The Balaban J connectivity index is 1.66. The number of carbonyl (C=O) groups excluding carboxylic acids is 1. The first kappa shape index (κ1) is 23.4. The van der Waals surface area contributed by atoms with Gasteiger partial charge < -0.3 is 4.74 Å². The van der Waals surface area contributed by atoms with Crippen molar-refractivity contribution in [1.29, 1.82) is 0 Å². The lowest BCUT2D eigenvalue weighted by Gasteiger charge is -2.32. The molecule has 31 heavy (non-hydrogen) atoms. The van der Waals surface area contributed by atoms with Gasteiger partial charge in [0, 0.05) is 23.1 Å². The molecule has 0 bridgehead atoms. The smallest absolute Gasteiger partial charge is 0.305 e. The number of aromatic nitrogens is 1. The second-order valence-corrected chi connectivity index (χ2v) is 9.79. The summed E-state index contributed by atoms with van der Waals surface area (Å²) in [7, 11) is 0. The normalized spacial score (nSPS) is 14.3. The molecule has 4 heteroatoms. The van der Waals surface area contributed by atoms with E-state index in [9.17, 15) is 4.79 Å². The van der Waals surface area contributed by atoms with Crippen molar-refractivity contribution in [3.8, 4) is 11.8 Å². The number of esters is 1. The van der Waals surface area contributed by atoms with Crippen LogP contribution in [0.15, 0.2) is 35.4 Å². The van der Waals surface area contributed by atoms with Crippen LogP contribution in [0.1, 0.15) is 81.3 Å². The van der Waals surface area contributed by atoms with E-state index < -0.39 is 0 Å². The van der Waals surface area contributed by atoms with Crippen molar-refractivity contribution >= 4 is 17.7 Å². The van der Waals surface area contributed by atoms with Gasteiger partial charge in [-0.1, -0.05) is 32.8 Å². The van der Waals surface area contributed by atoms with Gasteiger partial charge in [0.15, 0.2) is 0 Å². The zero-order valence-corrected chi connectivity index (χ0v) is 20.0. The van der Waals surface area contributed by atoms with Crippen LogP contribution in [0.2, 0.25) is 0 Å². The van der Waals surface area contributed by atoms with Crippen LogP contribution in [-0.4, -0.2) is 23.3 Å². The maximum atomic E-state index is 11.4. The molecule has 0 aliphatic carbocycles. The van der Waals surface area contributed by atoms with Crippen molar-refractivity contribution in [2.24, 2.45) is 0 Å². The Morgan fingerprint density at radius 1 is 1.19 bits per heavy atom. The van der Waals surface area contributed by atoms with E-state index >= 15 is 0 Å². The van der Waals surface area contributed by atoms with Crippen LogP contribution in [0.25, 0.3) is 0 Å². The van der Waals surface area contributed by atoms with Gasteiger partial charge in [-0.05, 0) is 91.0 Å². The van der Waals surface area contributed by atoms with E-state index in [2.05, 4.69) is 55.8 Å². The monoisotopic (exact) mass is 435 g/mol. The summed E-state index contributed by atoms with van der Waals surface area (Å²) in [6.45, 7) is 9.15. The van der Waals surface area contributed by atoms with Gasteiger partial charge in [-0.25, -0.2) is 4.98 Å². The summed E-state index contributed by atoms with van der Waals surface area (Å²) in [6, 6.07) is 8.75. The highest BCUT2D eigenvalue weighted by molar-refractivity contribution is 7.99. The molecule has 1 aliphatic heterocycles. The molecule has 2 heterocycles. The fraction of sp³-hybridized carbons (Fsp3) is 0.481. The zero-order chi connectivity index (χ0) is 22.3. The van der Waals surface area contributed by atoms with E-state index in [1.165, 1.54) is 33.8 Å². The van der Waals surface area contributed by atoms with E-state index in [1.807, 2.05) is 30.9 Å². The highest BCUT2D eigenvalue weighted by Crippen LogP contribution is 2.42. The molecular formula is C27H33NO2S. The highest BCUT2D eigenvalue weighted by Gasteiger charge is 2.28. The maximum absolute atomic E-state index is 11.4. The average Bonchev–Trinajstić information content (AvgIpc) is 2.76. The molecule has 0 radical (unpaired) electrons. The summed E-state index contributed by atoms with van der Waals surface area (Å²) in [5.74, 6) is 7.73. The topological polar surface area (TPSA) is 39.2 Å². The van der Waals surface area contributed by atoms with Gasteiger partial charge in [0.25, 0.3) is 0 Å². The van der Waals surface area contributed by atoms with Gasteiger partial charge in [0.1, 0.15) is 5.69 Å². The van der Waals surface area contributed by atoms with Crippen LogP contribution in [0, 0.1) is 11.8 Å². The molecule has 1 aromatic heterocycles. The lowest BCUT2D eigenvalue weighted by Crippen LogP contribution is -2.23. The largest absolute Gasteiger partial charge is 0.466 e. The Labute approximate surface area is 191 Å². The number of ether oxygens (including phenoxy) is 1. The predicted octanol–water partition coefficient (Wildman–Crippen LogP) is 6.09. The number of aryl methyl sites for hydroxylation is 2. The molecule has 164 valence electrons. The van der Waals surface area contributed by atoms with Crippen LogP contribution in [0.3, 0.4) is 0 Å². The summed E-state index contributed by atoms with van der Waals surface area (Å²) in [5, 5.41) is 0. The van der Waals surface area contributed by atoms with Gasteiger partial charge in [0.05, 0.1) is 6.61 Å². The average molecular weight is 436 g/mol. The Kier molecular flexibility index (Phi) is 8.21. The third kappa shape index (κ3) is 6.37. The number of carbonyl (C=O) groups is 1. The molecule has 1 aliphatic rings. The first-order valence-electron chi connectivity index (χ1n) is 11.4. The Hall–Kier alpha value is -2.25. The third-order valence-corrected chi connectivity index (χ3v) is 6.91. The van der Waals surface area contributed by atoms with Gasteiger partial charge in [0.2, 0.25) is 0 Å². The van der Waals surface area contributed by atoms with Gasteiger partial charge in [-0.15, -0.1) is 11.8 Å². The van der Waals surface area contributed by atoms with E-state index in [0.717, 1.165) is 36.9 Å². The zero-order valence-electron chi connectivity index (χ0n) is 19.2. The van der Waals surface area contributed by atoms with Crippen LogP contribution in [0.5, 0.6) is 0 Å². The van der Waals surface area contributed by atoms with Crippen molar-refractivity contribution in [3.05, 3.63) is 58.4 Å². The number of benzene rings is 1. The number of hydrogen-bond acceptors (Lipinski definition) is 4. The first-order chi connectivity index (χ1) is 14.9. The van der Waals surface area contributed by atoms with E-state index in [4.69, 9.17) is 4.74 Å². The number of hydrogen-bond donors (Lipinski definition) is 0. The molecule has 0 fully saturated rings. The molecule has 0 unspecified atom stereocenters. The Morgan fingerprint density at radius 2 is 2.03 bits per heavy atom. The van der Waals surface area contributed by atoms with E-state index in [-0.39, 0.29) is 11.4 Å². The number of nitrogens with zero attached hydrogens (tertiary/aromatic N) is 1. The molecule has 0 saturated heterocycles. The number of pyridine rings is 1. The molecule has 1 aromatic carbocycles. The first-order valence-corrected chi connectivity index (χ1v) is 12.3. The molecule has 0 saturated carbocycles. The van der Waals surface area contributed by atoms with Crippen LogP contribution in [0.4, 0.5) is 0 Å². The Bertz CT molecular complexity index is 967. The van der Waals surface area contributed by atoms with Gasteiger partial charge >= 0.3 is 5.97 Å². The Morgan fingerprint density at radius 3 is 2.74 bits per heavy atom. The molecule has 0 atom stereocenters. The predicted molar refractivity (Wildman–Crippen MR) is 129 cm³/mol. The SMILES string of the molecule is CCOC(=O)CCCCc1ccc(C#Cc2cc3c(cc2CC)SCCC3(C)C)nc1. The number of fused-ring (bicyclic) bond motifs is 1. The molecule has 2 aromatic rings. The molecular weight excluding hydrogens is 402 g/mol. The summed E-state index contributed by atoms with van der Waals surface area (Å²) in [4.78, 5) is 17.4. The second kappa shape index (κ2) is 10.9. The number of rotatable bonds is 7. The lowest BCUT2D eigenvalue weighted by atomic mass is 9.80. The quantitative estimate of drug-likeness (QED) is 0.300. The molecule has 3 nitrogen and oxygen atoms in total. The molecule has 0 spiro atoms. The summed E-state index contributed by atoms with van der Waals surface area (Å²) in [6.07, 6.45) is 7.28. The number of thioether (sulfide) groups is 1. The summed E-state index contributed by atoms with van der Waals surface area (Å²) < 4.78 is 4.96. The van der Waals surface area contributed by atoms with Crippen molar-refractivity contribution in [3.63, 3.8) is 0 Å². The second-order valence-electron chi connectivity index (χ2n) is 8.66. The minimum absolute atomic E-state index is 0.109. The van der Waals surface area contributed by atoms with Crippen LogP contribution < -0.4 is 0 Å². The standard InChI is InChI=1S/C27H33NO2S/c1-5-21-18-25-24(27(3,4)15-16-31-25)17-22(21)12-14-23-13-11-20(19-28-23)9-7-8-10-26(29)30-6-2/h11,13,17-19H,5-10,15-16H2,1-4H3. The van der Waals surface area contributed by atoms with E-state index in [1.54, 1.807) is 0 Å². The third-order valence-electron chi connectivity index (χ3n) is 5.85.